The van der Waals surface area contributed by atoms with Crippen LogP contribution in [0.15, 0.2) is 60.2 Å². The summed E-state index contributed by atoms with van der Waals surface area (Å²) < 4.78 is 10.3. The Balaban J connectivity index is 2.01. The Hall–Kier alpha value is -3.59. The number of rotatable bonds is 7. The van der Waals surface area contributed by atoms with E-state index in [1.807, 2.05) is 36.4 Å². The van der Waals surface area contributed by atoms with Gasteiger partial charge in [0.2, 0.25) is 0 Å². The normalized spacial score (nSPS) is 11.9. The molecule has 0 aliphatic rings. The SMILES string of the molecule is COc1ccc(/C=C(\C#N)C(=O)O[C@@H](C)C(=O)N(C)Cc2ccccc2)cc1. The largest absolute Gasteiger partial charge is 0.497 e. The number of hydrogen-bond acceptors (Lipinski definition) is 5. The summed E-state index contributed by atoms with van der Waals surface area (Å²) in [5, 5.41) is 9.27. The first-order valence-corrected chi connectivity index (χ1v) is 8.70. The van der Waals surface area contributed by atoms with Gasteiger partial charge >= 0.3 is 5.97 Å². The van der Waals surface area contributed by atoms with Gasteiger partial charge < -0.3 is 14.4 Å². The molecule has 0 aliphatic heterocycles. The molecule has 0 aromatic heterocycles. The standard InChI is InChI=1S/C22H22N2O4/c1-16(21(25)24(2)15-18-7-5-4-6-8-18)28-22(26)19(14-23)13-17-9-11-20(27-3)12-10-17/h4-13,16H,15H2,1-3H3/b19-13+/t16-/m0/s1. The maximum absolute atomic E-state index is 12.5. The maximum atomic E-state index is 12.5. The minimum absolute atomic E-state index is 0.185. The van der Waals surface area contributed by atoms with Crippen molar-refractivity contribution in [2.75, 3.05) is 14.2 Å². The van der Waals surface area contributed by atoms with E-state index in [-0.39, 0.29) is 11.5 Å². The summed E-state index contributed by atoms with van der Waals surface area (Å²) in [6, 6.07) is 18.2. The molecule has 28 heavy (non-hydrogen) atoms. The fraction of sp³-hybridized carbons (Fsp3) is 0.227. The molecule has 0 unspecified atom stereocenters. The molecular weight excluding hydrogens is 356 g/mol. The van der Waals surface area contributed by atoms with Crippen molar-refractivity contribution in [3.63, 3.8) is 0 Å². The molecule has 6 heteroatoms. The van der Waals surface area contributed by atoms with Crippen LogP contribution in [0.3, 0.4) is 0 Å². The highest BCUT2D eigenvalue weighted by Gasteiger charge is 2.23. The second-order valence-electron chi connectivity index (χ2n) is 6.17. The molecule has 0 radical (unpaired) electrons. The molecule has 0 N–H and O–H groups in total. The number of carbonyl (C=O) groups is 2. The topological polar surface area (TPSA) is 79.6 Å². The molecule has 0 fully saturated rings. The molecule has 0 saturated heterocycles. The predicted molar refractivity (Wildman–Crippen MR) is 105 cm³/mol. The van der Waals surface area contributed by atoms with E-state index in [1.54, 1.807) is 38.4 Å². The van der Waals surface area contributed by atoms with Crippen molar-refractivity contribution in [3.05, 3.63) is 71.3 Å². The molecule has 0 aliphatic carbocycles. The van der Waals surface area contributed by atoms with E-state index in [2.05, 4.69) is 0 Å². The summed E-state index contributed by atoms with van der Waals surface area (Å²) in [4.78, 5) is 26.2. The number of nitriles is 1. The molecule has 0 bridgehead atoms. The first kappa shape index (κ1) is 20.7. The Morgan fingerprint density at radius 3 is 2.36 bits per heavy atom. The summed E-state index contributed by atoms with van der Waals surface area (Å²) in [7, 11) is 3.19. The Kier molecular flexibility index (Phi) is 7.35. The molecule has 0 saturated carbocycles. The van der Waals surface area contributed by atoms with Crippen LogP contribution in [0.2, 0.25) is 0 Å². The van der Waals surface area contributed by atoms with Crippen molar-refractivity contribution in [2.45, 2.75) is 19.6 Å². The number of carbonyl (C=O) groups excluding carboxylic acids is 2. The number of amides is 1. The van der Waals surface area contributed by atoms with Crippen LogP contribution >= 0.6 is 0 Å². The molecule has 1 amide bonds. The number of nitrogens with zero attached hydrogens (tertiary/aromatic N) is 2. The molecule has 0 spiro atoms. The molecule has 2 aromatic rings. The van der Waals surface area contributed by atoms with Crippen molar-refractivity contribution in [1.29, 1.82) is 5.26 Å². The number of likely N-dealkylation sites (N-methyl/N-ethyl adjacent to an activating group) is 1. The van der Waals surface area contributed by atoms with E-state index in [0.717, 1.165) is 5.56 Å². The minimum atomic E-state index is -1.01. The molecule has 2 aromatic carbocycles. The maximum Gasteiger partial charge on any atom is 0.349 e. The van der Waals surface area contributed by atoms with E-state index in [1.165, 1.54) is 17.9 Å². The van der Waals surface area contributed by atoms with Crippen LogP contribution in [0.1, 0.15) is 18.1 Å². The number of hydrogen-bond donors (Lipinski definition) is 0. The van der Waals surface area contributed by atoms with Crippen molar-refractivity contribution in [1.82, 2.24) is 4.90 Å². The van der Waals surface area contributed by atoms with Gasteiger partial charge in [-0.2, -0.15) is 5.26 Å². The van der Waals surface area contributed by atoms with Gasteiger partial charge in [0, 0.05) is 13.6 Å². The third-order valence-corrected chi connectivity index (χ3v) is 4.04. The minimum Gasteiger partial charge on any atom is -0.497 e. The van der Waals surface area contributed by atoms with Crippen molar-refractivity contribution in [2.24, 2.45) is 0 Å². The average Bonchev–Trinajstić information content (AvgIpc) is 2.72. The first-order chi connectivity index (χ1) is 13.4. The van der Waals surface area contributed by atoms with Gasteiger partial charge in [-0.1, -0.05) is 42.5 Å². The van der Waals surface area contributed by atoms with Gasteiger partial charge in [-0.05, 0) is 36.3 Å². The van der Waals surface area contributed by atoms with Crippen LogP contribution in [0.5, 0.6) is 5.75 Å². The lowest BCUT2D eigenvalue weighted by atomic mass is 10.1. The lowest BCUT2D eigenvalue weighted by Gasteiger charge is -2.21. The fourth-order valence-electron chi connectivity index (χ4n) is 2.52. The number of esters is 1. The van der Waals surface area contributed by atoms with Crippen LogP contribution in [-0.2, 0) is 20.9 Å². The molecular formula is C22H22N2O4. The van der Waals surface area contributed by atoms with Crippen LogP contribution in [0.4, 0.5) is 0 Å². The third kappa shape index (κ3) is 5.71. The number of benzene rings is 2. The van der Waals surface area contributed by atoms with Gasteiger partial charge in [0.15, 0.2) is 6.10 Å². The zero-order chi connectivity index (χ0) is 20.5. The van der Waals surface area contributed by atoms with Crippen LogP contribution in [-0.4, -0.2) is 37.0 Å². The van der Waals surface area contributed by atoms with E-state index >= 15 is 0 Å². The third-order valence-electron chi connectivity index (χ3n) is 4.04. The molecule has 144 valence electrons. The molecule has 0 heterocycles. The Bertz CT molecular complexity index is 883. The van der Waals surface area contributed by atoms with Gasteiger partial charge in [0.05, 0.1) is 7.11 Å². The lowest BCUT2D eigenvalue weighted by molar-refractivity contribution is -0.155. The first-order valence-electron chi connectivity index (χ1n) is 8.70. The summed E-state index contributed by atoms with van der Waals surface area (Å²) in [5.41, 5.74) is 1.43. The Morgan fingerprint density at radius 1 is 1.14 bits per heavy atom. The highest BCUT2D eigenvalue weighted by atomic mass is 16.5. The van der Waals surface area contributed by atoms with Crippen LogP contribution in [0.25, 0.3) is 6.08 Å². The van der Waals surface area contributed by atoms with Gasteiger partial charge in [-0.15, -0.1) is 0 Å². The predicted octanol–water partition coefficient (Wildman–Crippen LogP) is 3.19. The zero-order valence-electron chi connectivity index (χ0n) is 16.1. The van der Waals surface area contributed by atoms with Gasteiger partial charge in [0.25, 0.3) is 5.91 Å². The Morgan fingerprint density at radius 2 is 1.79 bits per heavy atom. The van der Waals surface area contributed by atoms with E-state index in [9.17, 15) is 14.9 Å². The Labute approximate surface area is 164 Å². The molecule has 2 rings (SSSR count). The highest BCUT2D eigenvalue weighted by Crippen LogP contribution is 2.15. The van der Waals surface area contributed by atoms with Crippen molar-refractivity contribution >= 4 is 18.0 Å². The number of ether oxygens (including phenoxy) is 2. The van der Waals surface area contributed by atoms with Crippen LogP contribution in [0, 0.1) is 11.3 Å². The van der Waals surface area contributed by atoms with E-state index in [0.29, 0.717) is 17.9 Å². The lowest BCUT2D eigenvalue weighted by Crippen LogP contribution is -2.37. The van der Waals surface area contributed by atoms with E-state index < -0.39 is 12.1 Å². The smallest absolute Gasteiger partial charge is 0.349 e. The van der Waals surface area contributed by atoms with Gasteiger partial charge in [-0.3, -0.25) is 4.79 Å². The summed E-state index contributed by atoms with van der Waals surface area (Å²) in [5.74, 6) is -0.523. The van der Waals surface area contributed by atoms with Crippen molar-refractivity contribution in [3.8, 4) is 11.8 Å². The summed E-state index contributed by atoms with van der Waals surface area (Å²) in [6.45, 7) is 1.89. The zero-order valence-corrected chi connectivity index (χ0v) is 16.1. The molecule has 1 atom stereocenters. The molecule has 6 nitrogen and oxygen atoms in total. The fourth-order valence-corrected chi connectivity index (χ4v) is 2.52. The summed E-state index contributed by atoms with van der Waals surface area (Å²) in [6.07, 6.45) is 0.404. The monoisotopic (exact) mass is 378 g/mol. The quantitative estimate of drug-likeness (QED) is 0.420. The van der Waals surface area contributed by atoms with Crippen LogP contribution < -0.4 is 4.74 Å². The van der Waals surface area contributed by atoms with Gasteiger partial charge in [-0.25, -0.2) is 4.79 Å². The second kappa shape index (κ2) is 9.93. The highest BCUT2D eigenvalue weighted by molar-refractivity contribution is 5.99. The van der Waals surface area contributed by atoms with Crippen molar-refractivity contribution < 1.29 is 19.1 Å². The average molecular weight is 378 g/mol. The second-order valence-corrected chi connectivity index (χ2v) is 6.17. The summed E-state index contributed by atoms with van der Waals surface area (Å²) >= 11 is 0. The van der Waals surface area contributed by atoms with Gasteiger partial charge in [0.1, 0.15) is 17.4 Å². The van der Waals surface area contributed by atoms with E-state index in [4.69, 9.17) is 9.47 Å². The number of methoxy groups -OCH3 is 1.